The van der Waals surface area contributed by atoms with E-state index in [1.807, 2.05) is 37.0 Å². The summed E-state index contributed by atoms with van der Waals surface area (Å²) in [6.45, 7) is 2.42. The fraction of sp³-hybridized carbons (Fsp3) is 0.222. The van der Waals surface area contributed by atoms with Gasteiger partial charge in [0.1, 0.15) is 15.7 Å². The number of aromatic nitrogens is 5. The van der Waals surface area contributed by atoms with Crippen LogP contribution in [-0.4, -0.2) is 30.2 Å². The molecule has 4 rings (SSSR count). The number of benzene rings is 1. The highest BCUT2D eigenvalue weighted by molar-refractivity contribution is 7.16. The predicted octanol–water partition coefficient (Wildman–Crippen LogP) is 2.67. The average Bonchev–Trinajstić information content (AvgIpc) is 3.32. The lowest BCUT2D eigenvalue weighted by Crippen LogP contribution is -2.23. The summed E-state index contributed by atoms with van der Waals surface area (Å²) >= 11 is 1.35. The van der Waals surface area contributed by atoms with E-state index in [9.17, 15) is 4.79 Å². The minimum Gasteiger partial charge on any atom is -0.344 e. The minimum absolute atomic E-state index is 0.151. The summed E-state index contributed by atoms with van der Waals surface area (Å²) in [5.74, 6) is 0.668. The molecule has 8 heteroatoms. The van der Waals surface area contributed by atoms with Crippen LogP contribution in [0, 0.1) is 6.92 Å². The standard InChI is InChI=1S/C18H18N6OS/c1-11-5-4-6-13-16(11)24(3)15(22-13)9-19-17(25)14-8-20-18(26-14)12-7-21-23(2)10-12/h4-8,10H,9H2,1-3H3,(H,19,25). The van der Waals surface area contributed by atoms with Gasteiger partial charge in [-0.3, -0.25) is 9.48 Å². The van der Waals surface area contributed by atoms with Gasteiger partial charge in [0.05, 0.1) is 30.0 Å². The zero-order valence-electron chi connectivity index (χ0n) is 14.7. The van der Waals surface area contributed by atoms with Crippen LogP contribution in [0.3, 0.4) is 0 Å². The number of thiazole rings is 1. The number of fused-ring (bicyclic) bond motifs is 1. The number of carbonyl (C=O) groups excluding carboxylic acids is 1. The summed E-state index contributed by atoms with van der Waals surface area (Å²) in [6.07, 6.45) is 5.21. The van der Waals surface area contributed by atoms with Gasteiger partial charge in [-0.2, -0.15) is 5.10 Å². The van der Waals surface area contributed by atoms with Crippen LogP contribution < -0.4 is 5.32 Å². The van der Waals surface area contributed by atoms with Gasteiger partial charge in [-0.25, -0.2) is 9.97 Å². The Bertz CT molecular complexity index is 1110. The average molecular weight is 366 g/mol. The van der Waals surface area contributed by atoms with Gasteiger partial charge in [-0.1, -0.05) is 12.1 Å². The van der Waals surface area contributed by atoms with Crippen LogP contribution in [0.4, 0.5) is 0 Å². The van der Waals surface area contributed by atoms with Crippen LogP contribution in [-0.2, 0) is 20.6 Å². The number of carbonyl (C=O) groups is 1. The van der Waals surface area contributed by atoms with Gasteiger partial charge >= 0.3 is 0 Å². The number of hydrogen-bond donors (Lipinski definition) is 1. The molecule has 1 aromatic carbocycles. The second-order valence-corrected chi connectivity index (χ2v) is 7.18. The molecule has 1 N–H and O–H groups in total. The summed E-state index contributed by atoms with van der Waals surface area (Å²) in [5, 5.41) is 7.85. The van der Waals surface area contributed by atoms with Gasteiger partial charge in [0.25, 0.3) is 5.91 Å². The molecule has 1 amide bonds. The number of hydrogen-bond acceptors (Lipinski definition) is 5. The zero-order chi connectivity index (χ0) is 18.3. The van der Waals surface area contributed by atoms with E-state index < -0.39 is 0 Å². The maximum absolute atomic E-state index is 12.5. The van der Waals surface area contributed by atoms with Gasteiger partial charge in [0.2, 0.25) is 0 Å². The van der Waals surface area contributed by atoms with Crippen molar-refractivity contribution in [3.05, 3.63) is 53.1 Å². The van der Waals surface area contributed by atoms with Gasteiger partial charge in [0, 0.05) is 25.9 Å². The molecular weight excluding hydrogens is 348 g/mol. The van der Waals surface area contributed by atoms with E-state index in [1.165, 1.54) is 16.9 Å². The van der Waals surface area contributed by atoms with Crippen molar-refractivity contribution < 1.29 is 4.79 Å². The maximum Gasteiger partial charge on any atom is 0.263 e. The molecule has 7 nitrogen and oxygen atoms in total. The van der Waals surface area contributed by atoms with Crippen LogP contribution in [0.5, 0.6) is 0 Å². The maximum atomic E-state index is 12.5. The molecule has 0 saturated heterocycles. The summed E-state index contributed by atoms with van der Waals surface area (Å²) in [7, 11) is 3.82. The number of para-hydroxylation sites is 1. The molecule has 3 heterocycles. The van der Waals surface area contributed by atoms with Crippen molar-refractivity contribution in [2.75, 3.05) is 0 Å². The Morgan fingerprint density at radius 1 is 1.27 bits per heavy atom. The molecule has 0 spiro atoms. The zero-order valence-corrected chi connectivity index (χ0v) is 15.5. The monoisotopic (exact) mass is 366 g/mol. The molecule has 0 unspecified atom stereocenters. The van der Waals surface area contributed by atoms with Gasteiger partial charge in [-0.05, 0) is 18.6 Å². The first-order valence-corrected chi connectivity index (χ1v) is 8.98. The minimum atomic E-state index is -0.151. The van der Waals surface area contributed by atoms with Crippen molar-refractivity contribution in [2.24, 2.45) is 14.1 Å². The topological polar surface area (TPSA) is 77.6 Å². The molecule has 0 atom stereocenters. The van der Waals surface area contributed by atoms with Crippen molar-refractivity contribution in [2.45, 2.75) is 13.5 Å². The van der Waals surface area contributed by atoms with E-state index in [4.69, 9.17) is 0 Å². The lowest BCUT2D eigenvalue weighted by Gasteiger charge is -2.05. The van der Waals surface area contributed by atoms with E-state index >= 15 is 0 Å². The van der Waals surface area contributed by atoms with Crippen molar-refractivity contribution >= 4 is 28.3 Å². The largest absolute Gasteiger partial charge is 0.344 e. The van der Waals surface area contributed by atoms with Crippen molar-refractivity contribution in [3.8, 4) is 10.6 Å². The highest BCUT2D eigenvalue weighted by atomic mass is 32.1. The molecule has 0 aliphatic carbocycles. The van der Waals surface area contributed by atoms with Crippen LogP contribution in [0.25, 0.3) is 21.6 Å². The molecule has 0 radical (unpaired) electrons. The van der Waals surface area contributed by atoms with Crippen molar-refractivity contribution in [3.63, 3.8) is 0 Å². The van der Waals surface area contributed by atoms with Crippen LogP contribution in [0.2, 0.25) is 0 Å². The number of aryl methyl sites for hydroxylation is 3. The van der Waals surface area contributed by atoms with Gasteiger partial charge < -0.3 is 9.88 Å². The first-order chi connectivity index (χ1) is 12.5. The highest BCUT2D eigenvalue weighted by Crippen LogP contribution is 2.24. The van der Waals surface area contributed by atoms with E-state index in [2.05, 4.69) is 33.4 Å². The summed E-state index contributed by atoms with van der Waals surface area (Å²) in [6, 6.07) is 6.03. The Balaban J connectivity index is 1.50. The molecule has 0 saturated carbocycles. The Labute approximate surface area is 154 Å². The number of rotatable bonds is 4. The Kier molecular flexibility index (Phi) is 4.04. The third-order valence-corrected chi connectivity index (χ3v) is 5.32. The smallest absolute Gasteiger partial charge is 0.263 e. The van der Waals surface area contributed by atoms with E-state index in [1.54, 1.807) is 17.1 Å². The Hall–Kier alpha value is -3.00. The first kappa shape index (κ1) is 16.5. The van der Waals surface area contributed by atoms with Crippen LogP contribution in [0.1, 0.15) is 21.1 Å². The molecule has 3 aromatic heterocycles. The summed E-state index contributed by atoms with van der Waals surface area (Å²) < 4.78 is 3.74. The number of imidazole rings is 1. The molecular formula is C18H18N6OS. The van der Waals surface area contributed by atoms with Crippen LogP contribution >= 0.6 is 11.3 Å². The normalized spacial score (nSPS) is 11.2. The molecule has 132 valence electrons. The van der Waals surface area contributed by atoms with Crippen molar-refractivity contribution in [1.29, 1.82) is 0 Å². The second kappa shape index (κ2) is 6.38. The second-order valence-electron chi connectivity index (χ2n) is 6.14. The lowest BCUT2D eigenvalue weighted by molar-refractivity contribution is 0.0953. The Morgan fingerprint density at radius 3 is 2.85 bits per heavy atom. The number of amides is 1. The lowest BCUT2D eigenvalue weighted by atomic mass is 10.2. The fourth-order valence-corrected chi connectivity index (χ4v) is 3.77. The fourth-order valence-electron chi connectivity index (χ4n) is 2.96. The summed E-state index contributed by atoms with van der Waals surface area (Å²) in [4.78, 5) is 22.0. The summed E-state index contributed by atoms with van der Waals surface area (Å²) in [5.41, 5.74) is 4.10. The molecule has 0 bridgehead atoms. The third kappa shape index (κ3) is 2.88. The van der Waals surface area contributed by atoms with E-state index in [0.717, 1.165) is 27.4 Å². The molecule has 4 aromatic rings. The highest BCUT2D eigenvalue weighted by Gasteiger charge is 2.15. The molecule has 26 heavy (non-hydrogen) atoms. The quantitative estimate of drug-likeness (QED) is 0.602. The molecule has 0 aliphatic rings. The number of nitrogens with one attached hydrogen (secondary N) is 1. The third-order valence-electron chi connectivity index (χ3n) is 4.28. The Morgan fingerprint density at radius 2 is 2.12 bits per heavy atom. The first-order valence-electron chi connectivity index (χ1n) is 8.17. The molecule has 0 aliphatic heterocycles. The van der Waals surface area contributed by atoms with Gasteiger partial charge in [-0.15, -0.1) is 11.3 Å². The van der Waals surface area contributed by atoms with Crippen molar-refractivity contribution in [1.82, 2.24) is 29.6 Å². The van der Waals surface area contributed by atoms with Gasteiger partial charge in [0.15, 0.2) is 0 Å². The van der Waals surface area contributed by atoms with E-state index in [0.29, 0.717) is 11.4 Å². The van der Waals surface area contributed by atoms with E-state index in [-0.39, 0.29) is 5.91 Å². The molecule has 0 fully saturated rings. The number of nitrogens with zero attached hydrogens (tertiary/aromatic N) is 5. The predicted molar refractivity (Wildman–Crippen MR) is 101 cm³/mol. The SMILES string of the molecule is Cc1cccc2nc(CNC(=O)c3cnc(-c4cnn(C)c4)s3)n(C)c12. The van der Waals surface area contributed by atoms with Crippen LogP contribution in [0.15, 0.2) is 36.8 Å².